The second kappa shape index (κ2) is 14.3. The molecule has 1 rings (SSSR count). The molecule has 5 nitrogen and oxygen atoms in total. The number of nitrogens with one attached hydrogen (secondary N) is 2. The van der Waals surface area contributed by atoms with Gasteiger partial charge in [0.25, 0.3) is 0 Å². The van der Waals surface area contributed by atoms with E-state index >= 15 is 0 Å². The first kappa shape index (κ1) is 22.1. The Labute approximate surface area is 158 Å². The molecule has 0 aromatic rings. The molecule has 25 heavy (non-hydrogen) atoms. The minimum Gasteiger partial charge on any atom is -0.356 e. The van der Waals surface area contributed by atoms with Gasteiger partial charge in [0.05, 0.1) is 0 Å². The van der Waals surface area contributed by atoms with E-state index < -0.39 is 0 Å². The highest BCUT2D eigenvalue weighted by atomic mass is 32.2. The number of amides is 1. The lowest BCUT2D eigenvalue weighted by molar-refractivity contribution is -0.127. The summed E-state index contributed by atoms with van der Waals surface area (Å²) in [5, 5.41) is 6.87. The van der Waals surface area contributed by atoms with Crippen molar-refractivity contribution in [3.63, 3.8) is 0 Å². The summed E-state index contributed by atoms with van der Waals surface area (Å²) >= 11 is 1.92. The molecule has 0 atom stereocenters. The molecule has 1 fully saturated rings. The summed E-state index contributed by atoms with van der Waals surface area (Å²) in [6, 6.07) is 0. The monoisotopic (exact) mass is 370 g/mol. The summed E-state index contributed by atoms with van der Waals surface area (Å²) in [6.45, 7) is 2.10. The number of carbonyl (C=O) groups excluding carboxylic acids is 1. The van der Waals surface area contributed by atoms with Gasteiger partial charge in [-0.2, -0.15) is 11.8 Å². The molecule has 0 heterocycles. The number of hydrogen-bond acceptors (Lipinski definition) is 3. The molecule has 146 valence electrons. The largest absolute Gasteiger partial charge is 0.356 e. The Kier molecular flexibility index (Phi) is 12.6. The lowest BCUT2D eigenvalue weighted by Gasteiger charge is -2.23. The molecule has 6 heteroatoms. The molecule has 0 radical (unpaired) electrons. The Morgan fingerprint density at radius 1 is 1.08 bits per heavy atom. The highest BCUT2D eigenvalue weighted by Crippen LogP contribution is 2.22. The summed E-state index contributed by atoms with van der Waals surface area (Å²) in [7, 11) is 3.55. The molecule has 0 aromatic heterocycles. The van der Waals surface area contributed by atoms with Gasteiger partial charge < -0.3 is 15.5 Å². The van der Waals surface area contributed by atoms with E-state index in [-0.39, 0.29) is 12.5 Å². The average Bonchev–Trinajstić information content (AvgIpc) is 2.63. The summed E-state index contributed by atoms with van der Waals surface area (Å²) in [5.41, 5.74) is 0. The molecular weight excluding hydrogens is 332 g/mol. The van der Waals surface area contributed by atoms with Crippen molar-refractivity contribution >= 4 is 23.6 Å². The van der Waals surface area contributed by atoms with Gasteiger partial charge in [-0.25, -0.2) is 4.99 Å². The van der Waals surface area contributed by atoms with Crippen LogP contribution in [0.3, 0.4) is 0 Å². The quantitative estimate of drug-likeness (QED) is 0.333. The minimum absolute atomic E-state index is 0.0378. The first-order valence-electron chi connectivity index (χ1n) is 9.84. The first-order chi connectivity index (χ1) is 12.1. The molecule has 2 N–H and O–H groups in total. The van der Waals surface area contributed by atoms with E-state index in [1.165, 1.54) is 57.1 Å². The molecule has 1 aliphatic rings. The van der Waals surface area contributed by atoms with Crippen molar-refractivity contribution in [3.05, 3.63) is 0 Å². The van der Waals surface area contributed by atoms with Crippen molar-refractivity contribution in [2.45, 2.75) is 57.8 Å². The number of thioether (sulfide) groups is 1. The number of carbonyl (C=O) groups is 1. The van der Waals surface area contributed by atoms with Gasteiger partial charge >= 0.3 is 0 Å². The zero-order chi connectivity index (χ0) is 18.3. The zero-order valence-corrected chi connectivity index (χ0v) is 17.3. The summed E-state index contributed by atoms with van der Waals surface area (Å²) in [5.74, 6) is 2.84. The number of hydrogen-bond donors (Lipinski definition) is 2. The maximum Gasteiger partial charge on any atom is 0.243 e. The van der Waals surface area contributed by atoms with E-state index in [1.54, 1.807) is 19.0 Å². The van der Waals surface area contributed by atoms with E-state index in [4.69, 9.17) is 0 Å². The van der Waals surface area contributed by atoms with Gasteiger partial charge in [-0.05, 0) is 43.6 Å². The Hall–Kier alpha value is -0.910. The van der Waals surface area contributed by atoms with Crippen LogP contribution in [0.2, 0.25) is 0 Å². The standard InChI is InChI=1S/C19H38N4OS/c1-23(2)18(24)16-22-19(20-13-9-4-5-10-14-25-3)21-15-17-11-7-6-8-12-17/h17H,4-16H2,1-3H3,(H2,20,21,22). The van der Waals surface area contributed by atoms with Crippen LogP contribution < -0.4 is 10.6 Å². The predicted molar refractivity (Wildman–Crippen MR) is 110 cm³/mol. The number of unbranched alkanes of at least 4 members (excludes halogenated alkanes) is 3. The predicted octanol–water partition coefficient (Wildman–Crippen LogP) is 3.11. The zero-order valence-electron chi connectivity index (χ0n) is 16.5. The second-order valence-electron chi connectivity index (χ2n) is 7.17. The fraction of sp³-hybridized carbons (Fsp3) is 0.895. The van der Waals surface area contributed by atoms with Crippen LogP contribution in [-0.2, 0) is 4.79 Å². The van der Waals surface area contributed by atoms with E-state index in [0.29, 0.717) is 0 Å². The van der Waals surface area contributed by atoms with Crippen LogP contribution in [0.5, 0.6) is 0 Å². The molecule has 0 unspecified atom stereocenters. The molecule has 0 aliphatic heterocycles. The van der Waals surface area contributed by atoms with Crippen molar-refractivity contribution in [2.24, 2.45) is 10.9 Å². The Morgan fingerprint density at radius 3 is 2.48 bits per heavy atom. The van der Waals surface area contributed by atoms with Gasteiger partial charge in [0.15, 0.2) is 5.96 Å². The lowest BCUT2D eigenvalue weighted by atomic mass is 9.89. The van der Waals surface area contributed by atoms with Crippen LogP contribution in [0.15, 0.2) is 4.99 Å². The maximum absolute atomic E-state index is 11.8. The highest BCUT2D eigenvalue weighted by Gasteiger charge is 2.14. The first-order valence-corrected chi connectivity index (χ1v) is 11.2. The summed E-state index contributed by atoms with van der Waals surface area (Å²) in [6.07, 6.45) is 13.9. The van der Waals surface area contributed by atoms with E-state index in [1.807, 2.05) is 11.8 Å². The third-order valence-electron chi connectivity index (χ3n) is 4.72. The molecule has 1 amide bonds. The highest BCUT2D eigenvalue weighted by molar-refractivity contribution is 7.98. The molecule has 1 saturated carbocycles. The fourth-order valence-electron chi connectivity index (χ4n) is 3.03. The van der Waals surface area contributed by atoms with Crippen molar-refractivity contribution in [1.82, 2.24) is 15.5 Å². The van der Waals surface area contributed by atoms with Crippen LogP contribution in [0, 0.1) is 5.92 Å². The van der Waals surface area contributed by atoms with Crippen molar-refractivity contribution in [1.29, 1.82) is 0 Å². The Morgan fingerprint density at radius 2 is 1.80 bits per heavy atom. The average molecular weight is 371 g/mol. The molecule has 0 bridgehead atoms. The van der Waals surface area contributed by atoms with Crippen LogP contribution in [0.1, 0.15) is 57.8 Å². The van der Waals surface area contributed by atoms with Crippen molar-refractivity contribution in [3.8, 4) is 0 Å². The van der Waals surface area contributed by atoms with Gasteiger partial charge in [0, 0.05) is 27.2 Å². The second-order valence-corrected chi connectivity index (χ2v) is 8.16. The number of guanidine groups is 1. The van der Waals surface area contributed by atoms with Crippen molar-refractivity contribution < 1.29 is 4.79 Å². The normalized spacial score (nSPS) is 15.9. The number of rotatable bonds is 11. The summed E-state index contributed by atoms with van der Waals surface area (Å²) < 4.78 is 0. The summed E-state index contributed by atoms with van der Waals surface area (Å²) in [4.78, 5) is 17.9. The van der Waals surface area contributed by atoms with Gasteiger partial charge in [-0.15, -0.1) is 0 Å². The van der Waals surface area contributed by atoms with Crippen LogP contribution >= 0.6 is 11.8 Å². The minimum atomic E-state index is 0.0378. The van der Waals surface area contributed by atoms with Crippen LogP contribution in [0.25, 0.3) is 0 Å². The number of aliphatic imine (C=N–C) groups is 1. The van der Waals surface area contributed by atoms with Crippen molar-refractivity contribution in [2.75, 3.05) is 45.7 Å². The van der Waals surface area contributed by atoms with E-state index in [2.05, 4.69) is 21.9 Å². The van der Waals surface area contributed by atoms with Gasteiger partial charge in [-0.3, -0.25) is 4.79 Å². The van der Waals surface area contributed by atoms with Crippen LogP contribution in [0.4, 0.5) is 0 Å². The Bertz CT molecular complexity index is 382. The smallest absolute Gasteiger partial charge is 0.243 e. The molecule has 1 aliphatic carbocycles. The van der Waals surface area contributed by atoms with Gasteiger partial charge in [-0.1, -0.05) is 32.1 Å². The third kappa shape index (κ3) is 11.3. The number of nitrogens with zero attached hydrogens (tertiary/aromatic N) is 2. The van der Waals surface area contributed by atoms with E-state index in [9.17, 15) is 4.79 Å². The van der Waals surface area contributed by atoms with E-state index in [0.717, 1.165) is 31.4 Å². The SMILES string of the molecule is CSCCCCCCNC(=NCC(=O)N(C)C)NCC1CCCCC1. The topological polar surface area (TPSA) is 56.7 Å². The van der Waals surface area contributed by atoms with Gasteiger partial charge in [0.1, 0.15) is 6.54 Å². The van der Waals surface area contributed by atoms with Gasteiger partial charge in [0.2, 0.25) is 5.91 Å². The molecule has 0 saturated heterocycles. The fourth-order valence-corrected chi connectivity index (χ4v) is 3.52. The number of likely N-dealkylation sites (N-methyl/N-ethyl adjacent to an activating group) is 1. The molecular formula is C19H38N4OS. The lowest BCUT2D eigenvalue weighted by Crippen LogP contribution is -2.41. The van der Waals surface area contributed by atoms with Crippen LogP contribution in [-0.4, -0.2) is 62.5 Å². The molecule has 0 spiro atoms. The maximum atomic E-state index is 11.8. The Balaban J connectivity index is 2.33. The third-order valence-corrected chi connectivity index (χ3v) is 5.42. The molecule has 0 aromatic carbocycles.